The quantitative estimate of drug-likeness (QED) is 0.706. The third-order valence-corrected chi connectivity index (χ3v) is 2.03. The molecule has 0 aliphatic heterocycles. The lowest BCUT2D eigenvalue weighted by Gasteiger charge is -2.07. The number of carboxylic acid groups (broad SMARTS) is 1. The Bertz CT molecular complexity index is 307. The second-order valence-corrected chi connectivity index (χ2v) is 3.03. The van der Waals surface area contributed by atoms with E-state index >= 15 is 0 Å². The van der Waals surface area contributed by atoms with Crippen LogP contribution in [-0.4, -0.2) is 27.8 Å². The SMILES string of the molecule is CCC(CN)Cc1nc(C(=O)O)no1. The van der Waals surface area contributed by atoms with Crippen molar-refractivity contribution in [3.8, 4) is 0 Å². The van der Waals surface area contributed by atoms with Crippen LogP contribution < -0.4 is 5.73 Å². The van der Waals surface area contributed by atoms with Gasteiger partial charge in [-0.25, -0.2) is 4.79 Å². The number of hydrogen-bond acceptors (Lipinski definition) is 5. The summed E-state index contributed by atoms with van der Waals surface area (Å²) >= 11 is 0. The Kier molecular flexibility index (Phi) is 3.58. The van der Waals surface area contributed by atoms with Gasteiger partial charge < -0.3 is 15.4 Å². The highest BCUT2D eigenvalue weighted by Crippen LogP contribution is 2.09. The van der Waals surface area contributed by atoms with Gasteiger partial charge in [-0.15, -0.1) is 0 Å². The Labute approximate surface area is 81.1 Å². The van der Waals surface area contributed by atoms with Crippen molar-refractivity contribution < 1.29 is 14.4 Å². The normalized spacial score (nSPS) is 12.7. The maximum absolute atomic E-state index is 10.4. The van der Waals surface area contributed by atoms with E-state index in [1.165, 1.54) is 0 Å². The summed E-state index contributed by atoms with van der Waals surface area (Å²) in [6.07, 6.45) is 1.44. The fourth-order valence-electron chi connectivity index (χ4n) is 1.07. The van der Waals surface area contributed by atoms with Crippen LogP contribution in [0, 0.1) is 5.92 Å². The third-order valence-electron chi connectivity index (χ3n) is 2.03. The summed E-state index contributed by atoms with van der Waals surface area (Å²) in [6, 6.07) is 0. The lowest BCUT2D eigenvalue weighted by atomic mass is 10.0. The van der Waals surface area contributed by atoms with E-state index in [0.29, 0.717) is 18.9 Å². The lowest BCUT2D eigenvalue weighted by molar-refractivity contribution is 0.0680. The van der Waals surface area contributed by atoms with Crippen molar-refractivity contribution >= 4 is 5.97 Å². The zero-order valence-electron chi connectivity index (χ0n) is 7.93. The van der Waals surface area contributed by atoms with Crippen LogP contribution in [0.3, 0.4) is 0 Å². The maximum atomic E-state index is 10.4. The van der Waals surface area contributed by atoms with Crippen molar-refractivity contribution in [1.82, 2.24) is 10.1 Å². The molecule has 0 aliphatic carbocycles. The highest BCUT2D eigenvalue weighted by Gasteiger charge is 2.15. The summed E-state index contributed by atoms with van der Waals surface area (Å²) in [6.45, 7) is 2.54. The molecule has 1 aromatic heterocycles. The third kappa shape index (κ3) is 2.53. The molecule has 6 heteroatoms. The minimum absolute atomic E-state index is 0.261. The van der Waals surface area contributed by atoms with Crippen molar-refractivity contribution in [1.29, 1.82) is 0 Å². The van der Waals surface area contributed by atoms with Gasteiger partial charge >= 0.3 is 5.97 Å². The predicted molar refractivity (Wildman–Crippen MR) is 47.8 cm³/mol. The molecule has 0 bridgehead atoms. The van der Waals surface area contributed by atoms with Gasteiger partial charge in [-0.05, 0) is 17.6 Å². The van der Waals surface area contributed by atoms with Crippen LogP contribution in [0.1, 0.15) is 29.9 Å². The summed E-state index contributed by atoms with van der Waals surface area (Å²) in [5.74, 6) is -0.885. The largest absolute Gasteiger partial charge is 0.475 e. The van der Waals surface area contributed by atoms with Crippen molar-refractivity contribution in [3.05, 3.63) is 11.7 Å². The fourth-order valence-corrected chi connectivity index (χ4v) is 1.07. The van der Waals surface area contributed by atoms with Gasteiger partial charge in [0.05, 0.1) is 0 Å². The monoisotopic (exact) mass is 199 g/mol. The first-order chi connectivity index (χ1) is 6.67. The average molecular weight is 199 g/mol. The van der Waals surface area contributed by atoms with Crippen LogP contribution in [-0.2, 0) is 6.42 Å². The number of rotatable bonds is 5. The highest BCUT2D eigenvalue weighted by atomic mass is 16.5. The van der Waals surface area contributed by atoms with Gasteiger partial charge in [0.1, 0.15) is 0 Å². The molecule has 1 aromatic rings. The standard InChI is InChI=1S/C8H13N3O3/c1-2-5(4-9)3-6-10-7(8(12)13)11-14-6/h5H,2-4,9H2,1H3,(H,12,13). The highest BCUT2D eigenvalue weighted by molar-refractivity contribution is 5.82. The molecule has 1 unspecified atom stereocenters. The molecular formula is C8H13N3O3. The summed E-state index contributed by atoms with van der Waals surface area (Å²) in [4.78, 5) is 14.1. The molecule has 0 fully saturated rings. The minimum atomic E-state index is -1.18. The number of aromatic nitrogens is 2. The number of carbonyl (C=O) groups is 1. The Hall–Kier alpha value is -1.43. The molecule has 1 atom stereocenters. The smallest absolute Gasteiger partial charge is 0.377 e. The van der Waals surface area contributed by atoms with Crippen molar-refractivity contribution in [2.45, 2.75) is 19.8 Å². The second-order valence-electron chi connectivity index (χ2n) is 3.03. The Morgan fingerprint density at radius 2 is 2.43 bits per heavy atom. The van der Waals surface area contributed by atoms with Crippen molar-refractivity contribution in [2.75, 3.05) is 6.54 Å². The molecule has 0 aliphatic rings. The van der Waals surface area contributed by atoms with Crippen LogP contribution in [0.4, 0.5) is 0 Å². The van der Waals surface area contributed by atoms with Crippen LogP contribution >= 0.6 is 0 Å². The predicted octanol–water partition coefficient (Wildman–Crippen LogP) is 0.295. The molecule has 1 heterocycles. The summed E-state index contributed by atoms with van der Waals surface area (Å²) in [5, 5.41) is 11.8. The molecule has 0 aromatic carbocycles. The molecular weight excluding hydrogens is 186 g/mol. The van der Waals surface area contributed by atoms with Gasteiger partial charge in [0.25, 0.3) is 5.82 Å². The molecule has 0 amide bonds. The Morgan fingerprint density at radius 1 is 1.71 bits per heavy atom. The van der Waals surface area contributed by atoms with Crippen LogP contribution in [0.15, 0.2) is 4.52 Å². The molecule has 0 saturated carbocycles. The van der Waals surface area contributed by atoms with Crippen molar-refractivity contribution in [2.24, 2.45) is 11.7 Å². The van der Waals surface area contributed by atoms with E-state index in [4.69, 9.17) is 15.4 Å². The van der Waals surface area contributed by atoms with E-state index < -0.39 is 5.97 Å². The molecule has 78 valence electrons. The van der Waals surface area contributed by atoms with Gasteiger partial charge in [0.2, 0.25) is 5.89 Å². The van der Waals surface area contributed by atoms with Gasteiger partial charge in [-0.3, -0.25) is 0 Å². The maximum Gasteiger partial charge on any atom is 0.377 e. The summed E-state index contributed by atoms with van der Waals surface area (Å²) in [5.41, 5.74) is 5.49. The zero-order valence-corrected chi connectivity index (χ0v) is 7.93. The number of carboxylic acids is 1. The topological polar surface area (TPSA) is 102 Å². The van der Waals surface area contributed by atoms with Crippen LogP contribution in [0.5, 0.6) is 0 Å². The van der Waals surface area contributed by atoms with E-state index in [0.717, 1.165) is 6.42 Å². The summed E-state index contributed by atoms with van der Waals surface area (Å²) in [7, 11) is 0. The number of hydrogen-bond donors (Lipinski definition) is 2. The Balaban J connectivity index is 2.63. The Morgan fingerprint density at radius 3 is 2.86 bits per heavy atom. The first kappa shape index (κ1) is 10.6. The van der Waals surface area contributed by atoms with Gasteiger partial charge in [0.15, 0.2) is 0 Å². The van der Waals surface area contributed by atoms with Crippen molar-refractivity contribution in [3.63, 3.8) is 0 Å². The minimum Gasteiger partial charge on any atom is -0.475 e. The molecule has 0 saturated heterocycles. The van der Waals surface area contributed by atoms with E-state index in [2.05, 4.69) is 10.1 Å². The van der Waals surface area contributed by atoms with E-state index in [9.17, 15) is 4.79 Å². The van der Waals surface area contributed by atoms with E-state index in [1.807, 2.05) is 6.92 Å². The molecule has 0 spiro atoms. The average Bonchev–Trinajstić information content (AvgIpc) is 2.62. The number of aromatic carboxylic acids is 1. The molecule has 0 radical (unpaired) electrons. The fraction of sp³-hybridized carbons (Fsp3) is 0.625. The van der Waals surface area contributed by atoms with Crippen LogP contribution in [0.25, 0.3) is 0 Å². The van der Waals surface area contributed by atoms with Gasteiger partial charge in [-0.2, -0.15) is 4.98 Å². The lowest BCUT2D eigenvalue weighted by Crippen LogP contribution is -2.16. The molecule has 1 rings (SSSR count). The first-order valence-electron chi connectivity index (χ1n) is 4.43. The molecule has 14 heavy (non-hydrogen) atoms. The molecule has 6 nitrogen and oxygen atoms in total. The molecule has 3 N–H and O–H groups in total. The van der Waals surface area contributed by atoms with E-state index in [1.54, 1.807) is 0 Å². The van der Waals surface area contributed by atoms with Gasteiger partial charge in [-0.1, -0.05) is 13.3 Å². The van der Waals surface area contributed by atoms with Gasteiger partial charge in [0, 0.05) is 6.42 Å². The van der Waals surface area contributed by atoms with Crippen LogP contribution in [0.2, 0.25) is 0 Å². The van der Waals surface area contributed by atoms with E-state index in [-0.39, 0.29) is 11.7 Å². The number of nitrogens with two attached hydrogens (primary N) is 1. The zero-order chi connectivity index (χ0) is 10.6. The first-order valence-corrected chi connectivity index (χ1v) is 4.43. The number of nitrogens with zero attached hydrogens (tertiary/aromatic N) is 2. The summed E-state index contributed by atoms with van der Waals surface area (Å²) < 4.78 is 4.76. The second kappa shape index (κ2) is 4.71.